The van der Waals surface area contributed by atoms with Crippen molar-refractivity contribution in [1.29, 1.82) is 0 Å². The Balaban J connectivity index is 2.01. The third kappa shape index (κ3) is 3.83. The van der Waals surface area contributed by atoms with Gasteiger partial charge in [0.25, 0.3) is 0 Å². The van der Waals surface area contributed by atoms with E-state index < -0.39 is 0 Å². The molecule has 0 saturated heterocycles. The first-order valence-electron chi connectivity index (χ1n) is 8.30. The molecular formula is C18H30N2. The predicted molar refractivity (Wildman–Crippen MR) is 86.9 cm³/mol. The Morgan fingerprint density at radius 3 is 2.25 bits per heavy atom. The average Bonchev–Trinajstić information content (AvgIpc) is 2.75. The van der Waals surface area contributed by atoms with Crippen LogP contribution in [0.2, 0.25) is 0 Å². The van der Waals surface area contributed by atoms with Crippen LogP contribution in [-0.4, -0.2) is 30.1 Å². The summed E-state index contributed by atoms with van der Waals surface area (Å²) in [6.07, 6.45) is 9.17. The molecular weight excluding hydrogens is 244 g/mol. The van der Waals surface area contributed by atoms with E-state index in [1.165, 1.54) is 44.1 Å². The van der Waals surface area contributed by atoms with Crippen LogP contribution in [0.4, 0.5) is 0 Å². The van der Waals surface area contributed by atoms with Crippen molar-refractivity contribution in [3.63, 3.8) is 0 Å². The van der Waals surface area contributed by atoms with Crippen molar-refractivity contribution in [1.82, 2.24) is 4.90 Å². The summed E-state index contributed by atoms with van der Waals surface area (Å²) in [6.45, 7) is 5.35. The van der Waals surface area contributed by atoms with Crippen molar-refractivity contribution in [2.24, 2.45) is 5.73 Å². The van der Waals surface area contributed by atoms with Gasteiger partial charge in [-0.15, -0.1) is 0 Å². The zero-order valence-corrected chi connectivity index (χ0v) is 13.0. The molecule has 1 aliphatic carbocycles. The molecule has 0 radical (unpaired) electrons. The van der Waals surface area contributed by atoms with Gasteiger partial charge in [-0.2, -0.15) is 0 Å². The first-order valence-corrected chi connectivity index (χ1v) is 8.30. The Morgan fingerprint density at radius 1 is 1.05 bits per heavy atom. The number of hydrogen-bond acceptors (Lipinski definition) is 2. The highest BCUT2D eigenvalue weighted by Gasteiger charge is 2.34. The van der Waals surface area contributed by atoms with Crippen molar-refractivity contribution >= 4 is 0 Å². The highest BCUT2D eigenvalue weighted by Crippen LogP contribution is 2.31. The van der Waals surface area contributed by atoms with Crippen LogP contribution in [0.15, 0.2) is 30.3 Å². The monoisotopic (exact) mass is 274 g/mol. The lowest BCUT2D eigenvalue weighted by molar-refractivity contribution is 0.0847. The van der Waals surface area contributed by atoms with E-state index in [4.69, 9.17) is 5.73 Å². The number of nitrogens with two attached hydrogens (primary N) is 1. The van der Waals surface area contributed by atoms with Gasteiger partial charge in [0.15, 0.2) is 0 Å². The van der Waals surface area contributed by atoms with E-state index in [1.807, 2.05) is 0 Å². The van der Waals surface area contributed by atoms with E-state index in [9.17, 15) is 0 Å². The van der Waals surface area contributed by atoms with Gasteiger partial charge in [0.2, 0.25) is 0 Å². The Bertz CT molecular complexity index is 366. The summed E-state index contributed by atoms with van der Waals surface area (Å²) in [5.74, 6) is 0. The molecule has 0 heterocycles. The second-order valence-corrected chi connectivity index (χ2v) is 6.16. The van der Waals surface area contributed by atoms with E-state index in [0.29, 0.717) is 0 Å². The molecule has 2 nitrogen and oxygen atoms in total. The summed E-state index contributed by atoms with van der Waals surface area (Å²) < 4.78 is 0. The molecule has 0 unspecified atom stereocenters. The lowest BCUT2D eigenvalue weighted by Crippen LogP contribution is -2.54. The molecule has 0 amide bonds. The number of likely N-dealkylation sites (N-methyl/N-ethyl adjacent to an activating group) is 1. The summed E-state index contributed by atoms with van der Waals surface area (Å²) in [7, 11) is 0. The fraction of sp³-hybridized carbons (Fsp3) is 0.667. The maximum absolute atomic E-state index is 6.21. The van der Waals surface area contributed by atoms with E-state index in [-0.39, 0.29) is 5.54 Å². The van der Waals surface area contributed by atoms with Crippen LogP contribution in [0.3, 0.4) is 0 Å². The molecule has 0 atom stereocenters. The van der Waals surface area contributed by atoms with Crippen LogP contribution < -0.4 is 5.73 Å². The summed E-state index contributed by atoms with van der Waals surface area (Å²) in [6, 6.07) is 10.8. The summed E-state index contributed by atoms with van der Waals surface area (Å²) in [4.78, 5) is 2.66. The average molecular weight is 274 g/mol. The zero-order valence-electron chi connectivity index (χ0n) is 13.0. The van der Waals surface area contributed by atoms with Gasteiger partial charge in [0, 0.05) is 18.6 Å². The van der Waals surface area contributed by atoms with Gasteiger partial charge >= 0.3 is 0 Å². The second kappa shape index (κ2) is 7.80. The second-order valence-electron chi connectivity index (χ2n) is 6.16. The highest BCUT2D eigenvalue weighted by molar-refractivity contribution is 5.15. The normalized spacial score (nSPS) is 18.9. The van der Waals surface area contributed by atoms with Gasteiger partial charge in [-0.1, -0.05) is 62.9 Å². The van der Waals surface area contributed by atoms with Gasteiger partial charge in [-0.05, 0) is 31.4 Å². The molecule has 0 spiro atoms. The van der Waals surface area contributed by atoms with E-state index in [0.717, 1.165) is 26.1 Å². The van der Waals surface area contributed by atoms with Crippen LogP contribution >= 0.6 is 0 Å². The molecule has 1 saturated carbocycles. The Morgan fingerprint density at radius 2 is 1.70 bits per heavy atom. The molecule has 1 aliphatic rings. The molecule has 0 bridgehead atoms. The van der Waals surface area contributed by atoms with E-state index >= 15 is 0 Å². The molecule has 1 aromatic rings. The SMILES string of the molecule is CCN(CCc1ccccc1)C1(CN)CCCCCC1. The minimum absolute atomic E-state index is 0.264. The predicted octanol–water partition coefficient (Wildman–Crippen LogP) is 3.60. The van der Waals surface area contributed by atoms with Crippen LogP contribution in [0.25, 0.3) is 0 Å². The number of hydrogen-bond donors (Lipinski definition) is 1. The lowest BCUT2D eigenvalue weighted by atomic mass is 9.87. The van der Waals surface area contributed by atoms with Crippen LogP contribution in [-0.2, 0) is 6.42 Å². The Kier molecular flexibility index (Phi) is 6.06. The topological polar surface area (TPSA) is 29.3 Å². The van der Waals surface area contributed by atoms with Crippen LogP contribution in [0, 0.1) is 0 Å². The first kappa shape index (κ1) is 15.5. The summed E-state index contributed by atoms with van der Waals surface area (Å²) in [5.41, 5.74) is 7.91. The van der Waals surface area contributed by atoms with Gasteiger partial charge in [-0.25, -0.2) is 0 Å². The molecule has 0 aliphatic heterocycles. The molecule has 20 heavy (non-hydrogen) atoms. The van der Waals surface area contributed by atoms with Crippen molar-refractivity contribution < 1.29 is 0 Å². The standard InChI is InChI=1S/C18H30N2/c1-2-20(15-12-17-10-6-5-7-11-17)18(16-19)13-8-3-4-9-14-18/h5-7,10-11H,2-4,8-9,12-16,19H2,1H3. The third-order valence-electron chi connectivity index (χ3n) is 4.98. The lowest BCUT2D eigenvalue weighted by Gasteiger charge is -2.43. The largest absolute Gasteiger partial charge is 0.329 e. The quantitative estimate of drug-likeness (QED) is 0.803. The van der Waals surface area contributed by atoms with E-state index in [1.54, 1.807) is 0 Å². The van der Waals surface area contributed by atoms with Gasteiger partial charge in [-0.3, -0.25) is 4.90 Å². The van der Waals surface area contributed by atoms with Crippen LogP contribution in [0.5, 0.6) is 0 Å². The minimum atomic E-state index is 0.264. The molecule has 1 fully saturated rings. The van der Waals surface area contributed by atoms with Crippen molar-refractivity contribution in [3.8, 4) is 0 Å². The fourth-order valence-electron chi connectivity index (χ4n) is 3.68. The molecule has 112 valence electrons. The summed E-state index contributed by atoms with van der Waals surface area (Å²) in [5, 5.41) is 0. The van der Waals surface area contributed by atoms with Crippen molar-refractivity contribution in [2.75, 3.05) is 19.6 Å². The smallest absolute Gasteiger partial charge is 0.0331 e. The Hall–Kier alpha value is -0.860. The van der Waals surface area contributed by atoms with Crippen molar-refractivity contribution in [2.45, 2.75) is 57.4 Å². The Labute approximate surface area is 124 Å². The first-order chi connectivity index (χ1) is 9.80. The highest BCUT2D eigenvalue weighted by atomic mass is 15.2. The van der Waals surface area contributed by atoms with Gasteiger partial charge in [0.1, 0.15) is 0 Å². The number of rotatable bonds is 6. The van der Waals surface area contributed by atoms with Crippen LogP contribution in [0.1, 0.15) is 51.0 Å². The molecule has 0 aromatic heterocycles. The third-order valence-corrected chi connectivity index (χ3v) is 4.98. The maximum Gasteiger partial charge on any atom is 0.0331 e. The fourth-order valence-corrected chi connectivity index (χ4v) is 3.68. The van der Waals surface area contributed by atoms with E-state index in [2.05, 4.69) is 42.2 Å². The minimum Gasteiger partial charge on any atom is -0.329 e. The number of benzene rings is 1. The molecule has 1 aromatic carbocycles. The summed E-state index contributed by atoms with van der Waals surface area (Å²) >= 11 is 0. The maximum atomic E-state index is 6.21. The van der Waals surface area contributed by atoms with Gasteiger partial charge < -0.3 is 5.73 Å². The zero-order chi connectivity index (χ0) is 14.3. The number of nitrogens with zero attached hydrogens (tertiary/aromatic N) is 1. The molecule has 2 rings (SSSR count). The molecule has 2 heteroatoms. The molecule has 2 N–H and O–H groups in total. The van der Waals surface area contributed by atoms with Gasteiger partial charge in [0.05, 0.1) is 0 Å². The van der Waals surface area contributed by atoms with Crippen molar-refractivity contribution in [3.05, 3.63) is 35.9 Å².